The van der Waals surface area contributed by atoms with Crippen LogP contribution in [0.3, 0.4) is 0 Å². The lowest BCUT2D eigenvalue weighted by Crippen LogP contribution is -2.28. The van der Waals surface area contributed by atoms with Gasteiger partial charge in [-0.2, -0.15) is 0 Å². The minimum absolute atomic E-state index is 0.0299. The summed E-state index contributed by atoms with van der Waals surface area (Å²) in [5.41, 5.74) is 0.520. The lowest BCUT2D eigenvalue weighted by atomic mass is 10.2. The molecule has 2 rings (SSSR count). The van der Waals surface area contributed by atoms with E-state index in [4.69, 9.17) is 9.47 Å². The van der Waals surface area contributed by atoms with Crippen molar-refractivity contribution in [3.63, 3.8) is 0 Å². The van der Waals surface area contributed by atoms with Gasteiger partial charge < -0.3 is 14.4 Å². The number of carbonyl (C=O) groups is 1. The van der Waals surface area contributed by atoms with E-state index < -0.39 is 0 Å². The monoisotopic (exact) mass is 363 g/mol. The number of hydrogen-bond acceptors (Lipinski definition) is 4. The molecule has 0 radical (unpaired) electrons. The first kappa shape index (κ1) is 19.1. The van der Waals surface area contributed by atoms with E-state index in [1.807, 2.05) is 24.3 Å². The molecule has 0 heterocycles. The Bertz CT molecular complexity index is 679. The molecule has 0 saturated carbocycles. The summed E-state index contributed by atoms with van der Waals surface area (Å²) in [6, 6.07) is 13.9. The lowest BCUT2D eigenvalue weighted by molar-refractivity contribution is -0.127. The zero-order valence-corrected chi connectivity index (χ0v) is 15.2. The molecule has 2 aromatic rings. The van der Waals surface area contributed by atoms with Gasteiger partial charge >= 0.3 is 0 Å². The Labute approximate surface area is 151 Å². The number of rotatable bonds is 9. The summed E-state index contributed by atoms with van der Waals surface area (Å²) in [6.45, 7) is 0.787. The molecule has 0 saturated heterocycles. The smallest absolute Gasteiger partial charge is 0.232 e. The third-order valence-electron chi connectivity index (χ3n) is 3.57. The van der Waals surface area contributed by atoms with E-state index in [-0.39, 0.29) is 18.3 Å². The summed E-state index contributed by atoms with van der Waals surface area (Å²) in [4.78, 5) is 13.6. The minimum Gasteiger partial charge on any atom is -0.497 e. The highest BCUT2D eigenvalue weighted by atomic mass is 32.2. The number of benzene rings is 2. The van der Waals surface area contributed by atoms with E-state index in [9.17, 15) is 9.18 Å². The Kier molecular flexibility index (Phi) is 7.60. The molecule has 0 fully saturated rings. The normalized spacial score (nSPS) is 10.4. The van der Waals surface area contributed by atoms with Gasteiger partial charge in [-0.1, -0.05) is 18.2 Å². The fourth-order valence-electron chi connectivity index (χ4n) is 2.13. The summed E-state index contributed by atoms with van der Waals surface area (Å²) in [7, 11) is 3.30. The molecule has 0 aromatic heterocycles. The van der Waals surface area contributed by atoms with E-state index >= 15 is 0 Å². The molecule has 4 nitrogen and oxygen atoms in total. The molecular weight excluding hydrogens is 341 g/mol. The average Bonchev–Trinajstić information content (AvgIpc) is 2.63. The zero-order valence-electron chi connectivity index (χ0n) is 14.4. The van der Waals surface area contributed by atoms with Gasteiger partial charge in [0.1, 0.15) is 17.3 Å². The highest BCUT2D eigenvalue weighted by molar-refractivity contribution is 7.99. The topological polar surface area (TPSA) is 38.8 Å². The van der Waals surface area contributed by atoms with Crippen molar-refractivity contribution in [2.45, 2.75) is 6.54 Å². The van der Waals surface area contributed by atoms with Gasteiger partial charge in [-0.15, -0.1) is 11.8 Å². The fourth-order valence-corrected chi connectivity index (χ4v) is 2.87. The SMILES string of the molecule is COc1ccc(OCCSCC(=O)N(C)Cc2ccccc2F)cc1. The van der Waals surface area contributed by atoms with Gasteiger partial charge in [-0.3, -0.25) is 4.79 Å². The van der Waals surface area contributed by atoms with Crippen LogP contribution in [-0.4, -0.2) is 43.1 Å². The Morgan fingerprint density at radius 1 is 1.12 bits per heavy atom. The van der Waals surface area contributed by atoms with Crippen molar-refractivity contribution in [3.05, 3.63) is 59.9 Å². The number of hydrogen-bond donors (Lipinski definition) is 0. The number of nitrogens with zero attached hydrogens (tertiary/aromatic N) is 1. The van der Waals surface area contributed by atoms with Crippen LogP contribution in [0.5, 0.6) is 11.5 Å². The van der Waals surface area contributed by atoms with Crippen LogP contribution in [0.2, 0.25) is 0 Å². The van der Waals surface area contributed by atoms with E-state index in [1.165, 1.54) is 22.7 Å². The van der Waals surface area contributed by atoms with Crippen molar-refractivity contribution in [1.82, 2.24) is 4.90 Å². The minimum atomic E-state index is -0.289. The second-order valence-corrected chi connectivity index (χ2v) is 6.52. The zero-order chi connectivity index (χ0) is 18.1. The molecule has 2 aromatic carbocycles. The van der Waals surface area contributed by atoms with Crippen LogP contribution in [-0.2, 0) is 11.3 Å². The van der Waals surface area contributed by atoms with E-state index in [2.05, 4.69) is 0 Å². The summed E-state index contributed by atoms with van der Waals surface area (Å²) in [5, 5.41) is 0. The van der Waals surface area contributed by atoms with Crippen molar-refractivity contribution in [2.75, 3.05) is 32.3 Å². The highest BCUT2D eigenvalue weighted by Crippen LogP contribution is 2.17. The third kappa shape index (κ3) is 6.31. The maximum absolute atomic E-state index is 13.6. The molecule has 0 N–H and O–H groups in total. The first-order valence-electron chi connectivity index (χ1n) is 7.92. The second-order valence-electron chi connectivity index (χ2n) is 5.42. The molecular formula is C19H22FNO3S. The average molecular weight is 363 g/mol. The molecule has 1 amide bonds. The first-order chi connectivity index (χ1) is 12.1. The Morgan fingerprint density at radius 2 is 1.80 bits per heavy atom. The van der Waals surface area contributed by atoms with Crippen LogP contribution in [0.1, 0.15) is 5.56 Å². The molecule has 0 spiro atoms. The Balaban J connectivity index is 1.65. The summed E-state index contributed by atoms with van der Waals surface area (Å²) in [5.74, 6) is 2.28. The predicted molar refractivity (Wildman–Crippen MR) is 98.7 cm³/mol. The van der Waals surface area contributed by atoms with E-state index in [0.29, 0.717) is 23.7 Å². The van der Waals surface area contributed by atoms with Crippen LogP contribution >= 0.6 is 11.8 Å². The Hall–Kier alpha value is -2.21. The number of amides is 1. The number of halogens is 1. The lowest BCUT2D eigenvalue weighted by Gasteiger charge is -2.17. The molecule has 0 unspecified atom stereocenters. The van der Waals surface area contributed by atoms with Crippen LogP contribution in [0.4, 0.5) is 4.39 Å². The molecule has 0 bridgehead atoms. The maximum Gasteiger partial charge on any atom is 0.232 e. The second kappa shape index (κ2) is 9.93. The van der Waals surface area contributed by atoms with Crippen LogP contribution in [0.25, 0.3) is 0 Å². The quantitative estimate of drug-likeness (QED) is 0.638. The standard InChI is InChI=1S/C19H22FNO3S/c1-21(13-15-5-3-4-6-18(15)20)19(22)14-25-12-11-24-17-9-7-16(23-2)8-10-17/h3-10H,11-14H2,1-2H3. The van der Waals surface area contributed by atoms with Crippen LogP contribution in [0.15, 0.2) is 48.5 Å². The Morgan fingerprint density at radius 3 is 2.48 bits per heavy atom. The van der Waals surface area contributed by atoms with E-state index in [1.54, 1.807) is 32.4 Å². The van der Waals surface area contributed by atoms with Gasteiger partial charge in [0.2, 0.25) is 5.91 Å². The molecule has 134 valence electrons. The van der Waals surface area contributed by atoms with Gasteiger partial charge in [0.15, 0.2) is 0 Å². The van der Waals surface area contributed by atoms with Crippen molar-refractivity contribution in [1.29, 1.82) is 0 Å². The molecule has 0 aliphatic rings. The summed E-state index contributed by atoms with van der Waals surface area (Å²) < 4.78 is 24.3. The van der Waals surface area contributed by atoms with Gasteiger partial charge in [0.25, 0.3) is 0 Å². The highest BCUT2D eigenvalue weighted by Gasteiger charge is 2.11. The van der Waals surface area contributed by atoms with Crippen molar-refractivity contribution in [3.8, 4) is 11.5 Å². The largest absolute Gasteiger partial charge is 0.497 e. The van der Waals surface area contributed by atoms with Crippen LogP contribution in [0, 0.1) is 5.82 Å². The van der Waals surface area contributed by atoms with Crippen LogP contribution < -0.4 is 9.47 Å². The molecule has 0 atom stereocenters. The van der Waals surface area contributed by atoms with Crippen molar-refractivity contribution >= 4 is 17.7 Å². The number of thioether (sulfide) groups is 1. The predicted octanol–water partition coefficient (Wildman–Crippen LogP) is 3.60. The number of methoxy groups -OCH3 is 1. The van der Waals surface area contributed by atoms with E-state index in [0.717, 1.165) is 11.5 Å². The fraction of sp³-hybridized carbons (Fsp3) is 0.316. The molecule has 6 heteroatoms. The number of ether oxygens (including phenoxy) is 2. The summed E-state index contributed by atoms with van der Waals surface area (Å²) in [6.07, 6.45) is 0. The number of carbonyl (C=O) groups excluding carboxylic acids is 1. The molecule has 0 aliphatic carbocycles. The van der Waals surface area contributed by atoms with Crippen molar-refractivity contribution < 1.29 is 18.7 Å². The van der Waals surface area contributed by atoms with Crippen molar-refractivity contribution in [2.24, 2.45) is 0 Å². The summed E-state index contributed by atoms with van der Waals surface area (Å²) >= 11 is 1.50. The van der Waals surface area contributed by atoms with Gasteiger partial charge in [-0.05, 0) is 30.3 Å². The van der Waals surface area contributed by atoms with Gasteiger partial charge in [0.05, 0.1) is 19.5 Å². The first-order valence-corrected chi connectivity index (χ1v) is 9.07. The third-order valence-corrected chi connectivity index (χ3v) is 4.48. The van der Waals surface area contributed by atoms with Gasteiger partial charge in [0, 0.05) is 24.9 Å². The molecule has 0 aliphatic heterocycles. The molecule has 25 heavy (non-hydrogen) atoms. The van der Waals surface area contributed by atoms with Gasteiger partial charge in [-0.25, -0.2) is 4.39 Å². The maximum atomic E-state index is 13.6.